The fourth-order valence-corrected chi connectivity index (χ4v) is 8.85. The van der Waals surface area contributed by atoms with Gasteiger partial charge in [0.25, 0.3) is 13.4 Å². The van der Waals surface area contributed by atoms with Gasteiger partial charge in [-0.3, -0.25) is 0 Å². The van der Waals surface area contributed by atoms with Crippen LogP contribution >= 0.6 is 0 Å². The molecule has 9 aromatic rings. The van der Waals surface area contributed by atoms with Gasteiger partial charge in [0.1, 0.15) is 11.2 Å². The molecule has 3 nitrogen and oxygen atoms in total. The summed E-state index contributed by atoms with van der Waals surface area (Å²) in [5.74, 6) is 0. The lowest BCUT2D eigenvalue weighted by atomic mass is 9.24. The van der Waals surface area contributed by atoms with Crippen LogP contribution in [0.2, 0.25) is 0 Å². The van der Waals surface area contributed by atoms with Crippen LogP contribution in [0.1, 0.15) is 11.1 Å². The Bertz CT molecular complexity index is 2740. The molecule has 242 valence electrons. The van der Waals surface area contributed by atoms with Crippen molar-refractivity contribution in [3.63, 3.8) is 0 Å². The van der Waals surface area contributed by atoms with Crippen molar-refractivity contribution in [2.24, 2.45) is 0 Å². The highest BCUT2D eigenvalue weighted by atomic mass is 16.3. The quantitative estimate of drug-likeness (QED) is 0.178. The van der Waals surface area contributed by atoms with Gasteiger partial charge >= 0.3 is 0 Å². The summed E-state index contributed by atoms with van der Waals surface area (Å²) < 4.78 is 14.0. The molecule has 52 heavy (non-hydrogen) atoms. The molecule has 3 heterocycles. The van der Waals surface area contributed by atoms with E-state index in [-0.39, 0.29) is 13.4 Å². The maximum absolute atomic E-state index is 6.99. The van der Waals surface area contributed by atoms with Crippen molar-refractivity contribution in [1.82, 2.24) is 0 Å². The predicted molar refractivity (Wildman–Crippen MR) is 218 cm³/mol. The third kappa shape index (κ3) is 4.42. The third-order valence-corrected chi connectivity index (χ3v) is 11.1. The van der Waals surface area contributed by atoms with Gasteiger partial charge < -0.3 is 13.7 Å². The topological polar surface area (TPSA) is 29.5 Å². The van der Waals surface area contributed by atoms with E-state index in [9.17, 15) is 0 Å². The van der Waals surface area contributed by atoms with Gasteiger partial charge in [0.05, 0.1) is 11.3 Å². The van der Waals surface area contributed by atoms with Crippen molar-refractivity contribution in [3.8, 4) is 11.1 Å². The Kier molecular flexibility index (Phi) is 6.50. The van der Waals surface area contributed by atoms with E-state index in [4.69, 9.17) is 8.83 Å². The largest absolute Gasteiger partial charge is 0.471 e. The van der Waals surface area contributed by atoms with Crippen LogP contribution in [0.25, 0.3) is 33.1 Å². The van der Waals surface area contributed by atoms with Crippen LogP contribution in [0.5, 0.6) is 0 Å². The molecule has 0 atom stereocenters. The zero-order valence-corrected chi connectivity index (χ0v) is 28.4. The second-order valence-electron chi connectivity index (χ2n) is 14.0. The first-order chi connectivity index (χ1) is 25.8. The molecule has 0 amide bonds. The SMILES string of the molecule is c1ccc(N(c2ccccc2)c2ccc(B3c4oc5ccccc5c4B(c4ccc5c(c4)Cc4ccccc4-5)c4oc5ccccc5c43)cc2)cc1. The van der Waals surface area contributed by atoms with Gasteiger partial charge in [-0.05, 0) is 88.1 Å². The highest BCUT2D eigenvalue weighted by molar-refractivity contribution is 7.12. The molecule has 2 aliphatic rings. The number of hydrogen-bond acceptors (Lipinski definition) is 3. The maximum Gasteiger partial charge on any atom is 0.290 e. The van der Waals surface area contributed by atoms with Crippen LogP contribution < -0.4 is 38.1 Å². The fraction of sp³-hybridized carbons (Fsp3) is 0.0213. The van der Waals surface area contributed by atoms with Gasteiger partial charge in [-0.15, -0.1) is 0 Å². The van der Waals surface area contributed by atoms with Crippen LogP contribution in [-0.4, -0.2) is 13.4 Å². The van der Waals surface area contributed by atoms with E-state index in [1.165, 1.54) is 44.1 Å². The molecule has 7 aromatic carbocycles. The smallest absolute Gasteiger partial charge is 0.290 e. The monoisotopic (exact) mass is 663 g/mol. The van der Waals surface area contributed by atoms with Crippen LogP contribution in [0.15, 0.2) is 185 Å². The Morgan fingerprint density at radius 1 is 0.404 bits per heavy atom. The maximum atomic E-state index is 6.99. The molecule has 2 aromatic heterocycles. The molecule has 0 N–H and O–H groups in total. The molecule has 0 unspecified atom stereocenters. The standard InChI is InChI=1S/C47H31B2NO2/c1-3-14-35(15-4-1)50(36-16-5-2-6-17-36)37-26-23-33(24-27-37)48-44-40-19-9-11-21-42(40)52-47(44)49(45-41-20-10-12-22-43(41)51-46(45)48)34-25-28-39-32(30-34)29-31-13-7-8-18-38(31)39/h1-28,30H,29H2. The van der Waals surface area contributed by atoms with Gasteiger partial charge in [-0.25, -0.2) is 0 Å². The molecule has 1 aliphatic heterocycles. The van der Waals surface area contributed by atoms with Gasteiger partial charge in [0.15, 0.2) is 0 Å². The zero-order chi connectivity index (χ0) is 34.2. The van der Waals surface area contributed by atoms with Gasteiger partial charge in [0.2, 0.25) is 0 Å². The van der Waals surface area contributed by atoms with Gasteiger partial charge in [0, 0.05) is 27.8 Å². The summed E-state index contributed by atoms with van der Waals surface area (Å²) >= 11 is 0. The molecule has 0 bridgehead atoms. The third-order valence-electron chi connectivity index (χ3n) is 11.1. The van der Waals surface area contributed by atoms with Crippen LogP contribution in [0.3, 0.4) is 0 Å². The predicted octanol–water partition coefficient (Wildman–Crippen LogP) is 7.57. The highest BCUT2D eigenvalue weighted by Crippen LogP contribution is 2.36. The van der Waals surface area contributed by atoms with E-state index >= 15 is 0 Å². The second-order valence-corrected chi connectivity index (χ2v) is 14.0. The van der Waals surface area contributed by atoms with Crippen molar-refractivity contribution in [3.05, 3.63) is 187 Å². The fourth-order valence-electron chi connectivity index (χ4n) is 8.85. The normalized spacial score (nSPS) is 12.8. The number of fused-ring (bicyclic) bond motifs is 9. The number of para-hydroxylation sites is 4. The number of rotatable bonds is 5. The van der Waals surface area contributed by atoms with Crippen molar-refractivity contribution >= 4 is 85.6 Å². The minimum atomic E-state index is -0.146. The van der Waals surface area contributed by atoms with Crippen LogP contribution in [-0.2, 0) is 6.42 Å². The summed E-state index contributed by atoms with van der Waals surface area (Å²) in [6.45, 7) is -0.260. The summed E-state index contributed by atoms with van der Waals surface area (Å²) in [7, 11) is 0. The Hall–Kier alpha value is -6.45. The molecule has 0 saturated carbocycles. The van der Waals surface area contributed by atoms with E-state index < -0.39 is 0 Å². The molecular weight excluding hydrogens is 632 g/mol. The van der Waals surface area contributed by atoms with Crippen molar-refractivity contribution in [1.29, 1.82) is 0 Å². The lowest BCUT2D eigenvalue weighted by Crippen LogP contribution is -2.73. The van der Waals surface area contributed by atoms with E-state index in [0.717, 1.165) is 56.7 Å². The summed E-state index contributed by atoms with van der Waals surface area (Å²) in [6, 6.07) is 62.9. The van der Waals surface area contributed by atoms with Gasteiger partial charge in [-0.1, -0.05) is 138 Å². The van der Waals surface area contributed by atoms with E-state index in [2.05, 4.69) is 181 Å². The molecular formula is C47H31B2NO2. The Labute approximate surface area is 302 Å². The van der Waals surface area contributed by atoms with Crippen molar-refractivity contribution in [2.75, 3.05) is 4.90 Å². The highest BCUT2D eigenvalue weighted by Gasteiger charge is 2.46. The van der Waals surface area contributed by atoms with Gasteiger partial charge in [-0.2, -0.15) is 0 Å². The summed E-state index contributed by atoms with van der Waals surface area (Å²) in [5, 5.41) is 2.27. The molecule has 0 radical (unpaired) electrons. The number of hydrogen-bond donors (Lipinski definition) is 0. The molecule has 0 fully saturated rings. The lowest BCUT2D eigenvalue weighted by molar-refractivity contribution is 0.647. The molecule has 1 aliphatic carbocycles. The molecule has 0 spiro atoms. The molecule has 5 heteroatoms. The molecule has 0 saturated heterocycles. The number of furan rings is 2. The van der Waals surface area contributed by atoms with E-state index in [1.807, 2.05) is 0 Å². The number of benzene rings is 7. The van der Waals surface area contributed by atoms with E-state index in [0.29, 0.717) is 0 Å². The zero-order valence-electron chi connectivity index (χ0n) is 28.4. The summed E-state index contributed by atoms with van der Waals surface area (Å²) in [5.41, 5.74) is 17.3. The first kappa shape index (κ1) is 29.3. The Morgan fingerprint density at radius 2 is 0.885 bits per heavy atom. The van der Waals surface area contributed by atoms with E-state index in [1.54, 1.807) is 0 Å². The first-order valence-corrected chi connectivity index (χ1v) is 18.0. The van der Waals surface area contributed by atoms with Crippen LogP contribution in [0.4, 0.5) is 17.1 Å². The lowest BCUT2D eigenvalue weighted by Gasteiger charge is -2.27. The Balaban J connectivity index is 1.11. The van der Waals surface area contributed by atoms with Crippen molar-refractivity contribution < 1.29 is 8.83 Å². The average molecular weight is 663 g/mol. The second kappa shape index (κ2) is 11.5. The summed E-state index contributed by atoms with van der Waals surface area (Å²) in [6.07, 6.45) is 0.940. The van der Waals surface area contributed by atoms with Crippen LogP contribution in [0, 0.1) is 0 Å². The van der Waals surface area contributed by atoms with Crippen molar-refractivity contribution in [2.45, 2.75) is 6.42 Å². The number of nitrogens with zero attached hydrogens (tertiary/aromatic N) is 1. The summed E-state index contributed by atoms with van der Waals surface area (Å²) in [4.78, 5) is 2.30. The number of anilines is 3. The Morgan fingerprint density at radius 3 is 1.52 bits per heavy atom. The molecule has 11 rings (SSSR count). The average Bonchev–Trinajstić information content (AvgIpc) is 3.90. The first-order valence-electron chi connectivity index (χ1n) is 18.0. The minimum absolute atomic E-state index is 0.114. The minimum Gasteiger partial charge on any atom is -0.471 e.